The average molecular weight is 524 g/mol. The Morgan fingerprint density at radius 2 is 1.89 bits per heavy atom. The fourth-order valence-electron chi connectivity index (χ4n) is 5.76. The van der Waals surface area contributed by atoms with Crippen LogP contribution in [0.3, 0.4) is 0 Å². The van der Waals surface area contributed by atoms with Gasteiger partial charge in [-0.2, -0.15) is 18.3 Å². The number of halogens is 4. The number of alkyl halides is 3. The highest BCUT2D eigenvalue weighted by Crippen LogP contribution is 2.42. The van der Waals surface area contributed by atoms with Crippen LogP contribution in [0.15, 0.2) is 30.6 Å². The summed E-state index contributed by atoms with van der Waals surface area (Å²) in [5.74, 6) is 0.926. The number of anilines is 1. The third-order valence-electron chi connectivity index (χ3n) is 8.22. The van der Waals surface area contributed by atoms with Crippen molar-refractivity contribution in [1.82, 2.24) is 20.0 Å². The van der Waals surface area contributed by atoms with E-state index < -0.39 is 17.3 Å². The second-order valence-corrected chi connectivity index (χ2v) is 10.9. The van der Waals surface area contributed by atoms with Gasteiger partial charge >= 0.3 is 6.18 Å². The van der Waals surface area contributed by atoms with Gasteiger partial charge in [0.1, 0.15) is 5.54 Å². The van der Waals surface area contributed by atoms with E-state index in [1.54, 1.807) is 4.68 Å². The zero-order valence-electron chi connectivity index (χ0n) is 20.3. The second kappa shape index (κ2) is 10.3. The van der Waals surface area contributed by atoms with E-state index in [0.717, 1.165) is 69.1 Å². The molecular formula is C26H33ClF3N5O. The summed E-state index contributed by atoms with van der Waals surface area (Å²) in [5, 5.41) is 10.6. The van der Waals surface area contributed by atoms with Gasteiger partial charge in [-0.3, -0.25) is 9.48 Å². The van der Waals surface area contributed by atoms with Crippen molar-refractivity contribution < 1.29 is 18.0 Å². The van der Waals surface area contributed by atoms with E-state index in [-0.39, 0.29) is 16.6 Å². The summed E-state index contributed by atoms with van der Waals surface area (Å²) in [4.78, 5) is 15.9. The van der Waals surface area contributed by atoms with Gasteiger partial charge in [0, 0.05) is 12.7 Å². The fourth-order valence-corrected chi connectivity index (χ4v) is 5.99. The Balaban J connectivity index is 1.22. The lowest BCUT2D eigenvalue weighted by Crippen LogP contribution is -2.51. The van der Waals surface area contributed by atoms with Gasteiger partial charge < -0.3 is 15.5 Å². The van der Waals surface area contributed by atoms with Crippen LogP contribution in [-0.2, 0) is 16.5 Å². The number of likely N-dealkylation sites (tertiary alicyclic amines) is 1. The van der Waals surface area contributed by atoms with Gasteiger partial charge in [-0.1, -0.05) is 11.6 Å². The number of benzene rings is 1. The number of carbonyl (C=O) groups excluding carboxylic acids is 1. The highest BCUT2D eigenvalue weighted by Gasteiger charge is 2.47. The molecule has 1 amide bonds. The maximum Gasteiger partial charge on any atom is 0.416 e. The Bertz CT molecular complexity index is 1070. The fraction of sp³-hybridized carbons (Fsp3) is 0.615. The Labute approximate surface area is 214 Å². The quantitative estimate of drug-likeness (QED) is 0.543. The van der Waals surface area contributed by atoms with Crippen LogP contribution in [0.2, 0.25) is 5.02 Å². The van der Waals surface area contributed by atoms with E-state index in [0.29, 0.717) is 18.8 Å². The lowest BCUT2D eigenvalue weighted by molar-refractivity contribution is -0.137. The molecule has 1 aromatic heterocycles. The molecule has 10 heteroatoms. The molecule has 1 saturated carbocycles. The van der Waals surface area contributed by atoms with E-state index in [9.17, 15) is 18.0 Å². The highest BCUT2D eigenvalue weighted by atomic mass is 35.5. The molecule has 3 heterocycles. The first-order valence-electron chi connectivity index (χ1n) is 12.9. The Morgan fingerprint density at radius 1 is 1.17 bits per heavy atom. The SMILES string of the molecule is O=C(Nc1ccc(C(F)(F)F)cc1Cl)C1(n2cc(C3CCN(CC4CCNCC4)CC3)cn2)CCC1. The smallest absolute Gasteiger partial charge is 0.323 e. The van der Waals surface area contributed by atoms with Crippen LogP contribution >= 0.6 is 11.6 Å². The molecule has 1 aliphatic carbocycles. The van der Waals surface area contributed by atoms with Gasteiger partial charge in [-0.15, -0.1) is 0 Å². The summed E-state index contributed by atoms with van der Waals surface area (Å²) in [6.45, 7) is 5.60. The predicted octanol–water partition coefficient (Wildman–Crippen LogP) is 5.25. The second-order valence-electron chi connectivity index (χ2n) is 10.5. The molecule has 2 N–H and O–H groups in total. The van der Waals surface area contributed by atoms with Gasteiger partial charge in [-0.05, 0) is 107 Å². The highest BCUT2D eigenvalue weighted by molar-refractivity contribution is 6.33. The molecule has 3 aliphatic rings. The number of nitrogens with one attached hydrogen (secondary N) is 2. The van der Waals surface area contributed by atoms with Crippen LogP contribution in [0.1, 0.15) is 62.0 Å². The molecule has 1 aromatic carbocycles. The van der Waals surface area contributed by atoms with Gasteiger partial charge in [0.2, 0.25) is 0 Å². The number of aromatic nitrogens is 2. The number of hydrogen-bond acceptors (Lipinski definition) is 4. The number of amides is 1. The minimum Gasteiger partial charge on any atom is -0.323 e. The van der Waals surface area contributed by atoms with Gasteiger partial charge in [0.05, 0.1) is 22.5 Å². The normalized spacial score (nSPS) is 21.8. The number of hydrogen-bond donors (Lipinski definition) is 2. The van der Waals surface area contributed by atoms with E-state index in [4.69, 9.17) is 11.6 Å². The molecule has 6 nitrogen and oxygen atoms in total. The monoisotopic (exact) mass is 523 g/mol. The molecule has 0 unspecified atom stereocenters. The molecule has 0 spiro atoms. The topological polar surface area (TPSA) is 62.2 Å². The minimum absolute atomic E-state index is 0.134. The predicted molar refractivity (Wildman–Crippen MR) is 133 cm³/mol. The maximum absolute atomic E-state index is 13.3. The third kappa shape index (κ3) is 5.29. The van der Waals surface area contributed by atoms with Crippen molar-refractivity contribution in [3.63, 3.8) is 0 Å². The molecule has 5 rings (SSSR count). The summed E-state index contributed by atoms with van der Waals surface area (Å²) < 4.78 is 40.6. The first-order chi connectivity index (χ1) is 17.2. The summed E-state index contributed by atoms with van der Waals surface area (Å²) in [5.41, 5.74) is -0.347. The third-order valence-corrected chi connectivity index (χ3v) is 8.54. The van der Waals surface area contributed by atoms with Crippen LogP contribution in [0.5, 0.6) is 0 Å². The van der Waals surface area contributed by atoms with Crippen molar-refractivity contribution in [3.05, 3.63) is 46.7 Å². The van der Waals surface area contributed by atoms with Crippen molar-refractivity contribution >= 4 is 23.2 Å². The molecule has 2 aliphatic heterocycles. The molecule has 0 bridgehead atoms. The number of piperidine rings is 2. The first kappa shape index (κ1) is 25.5. The van der Waals surface area contributed by atoms with Crippen molar-refractivity contribution in [2.75, 3.05) is 38.0 Å². The number of nitrogens with zero attached hydrogens (tertiary/aromatic N) is 3. The van der Waals surface area contributed by atoms with Crippen molar-refractivity contribution in [2.24, 2.45) is 5.92 Å². The standard InChI is InChI=1S/C26H33ClF3N5O/c27-22-14-21(26(28,29)30)2-3-23(22)33-24(36)25(8-1-9-25)35-17-20(15-32-35)19-6-12-34(13-7-19)16-18-4-10-31-11-5-18/h2-3,14-15,17-19,31H,1,4-13,16H2,(H,33,36). The largest absolute Gasteiger partial charge is 0.416 e. The van der Waals surface area contributed by atoms with E-state index in [2.05, 4.69) is 20.6 Å². The van der Waals surface area contributed by atoms with Crippen molar-refractivity contribution in [1.29, 1.82) is 0 Å². The van der Waals surface area contributed by atoms with Crippen LogP contribution in [-0.4, -0.2) is 53.3 Å². The van der Waals surface area contributed by atoms with Gasteiger partial charge in [-0.25, -0.2) is 0 Å². The molecular weight excluding hydrogens is 491 g/mol. The van der Waals surface area contributed by atoms with Crippen LogP contribution in [0.25, 0.3) is 0 Å². The lowest BCUT2D eigenvalue weighted by atomic mass is 9.76. The van der Waals surface area contributed by atoms with Gasteiger partial charge in [0.15, 0.2) is 0 Å². The Morgan fingerprint density at radius 3 is 2.50 bits per heavy atom. The Kier molecular flexibility index (Phi) is 7.34. The maximum atomic E-state index is 13.3. The number of rotatable bonds is 6. The van der Waals surface area contributed by atoms with E-state index in [1.165, 1.54) is 25.5 Å². The first-order valence-corrected chi connectivity index (χ1v) is 13.3. The van der Waals surface area contributed by atoms with Crippen molar-refractivity contribution in [2.45, 2.75) is 62.6 Å². The van der Waals surface area contributed by atoms with Crippen molar-refractivity contribution in [3.8, 4) is 0 Å². The average Bonchev–Trinajstić information content (AvgIpc) is 3.30. The Hall–Kier alpha value is -2.10. The zero-order valence-corrected chi connectivity index (χ0v) is 21.0. The summed E-state index contributed by atoms with van der Waals surface area (Å²) in [6, 6.07) is 2.98. The minimum atomic E-state index is -4.49. The molecule has 0 atom stereocenters. The van der Waals surface area contributed by atoms with Crippen LogP contribution in [0.4, 0.5) is 18.9 Å². The molecule has 0 radical (unpaired) electrons. The number of carbonyl (C=O) groups is 1. The van der Waals surface area contributed by atoms with E-state index in [1.807, 2.05) is 12.4 Å². The molecule has 36 heavy (non-hydrogen) atoms. The molecule has 2 aromatic rings. The van der Waals surface area contributed by atoms with Gasteiger partial charge in [0.25, 0.3) is 5.91 Å². The summed E-state index contributed by atoms with van der Waals surface area (Å²) in [7, 11) is 0. The summed E-state index contributed by atoms with van der Waals surface area (Å²) >= 11 is 6.07. The zero-order chi connectivity index (χ0) is 25.3. The van der Waals surface area contributed by atoms with Crippen LogP contribution < -0.4 is 10.6 Å². The van der Waals surface area contributed by atoms with Crippen LogP contribution in [0, 0.1) is 5.92 Å². The molecule has 3 fully saturated rings. The lowest BCUT2D eigenvalue weighted by Gasteiger charge is -2.40. The van der Waals surface area contributed by atoms with E-state index >= 15 is 0 Å². The summed E-state index contributed by atoms with van der Waals surface area (Å²) in [6.07, 6.45) is 6.22. The molecule has 2 saturated heterocycles. The molecule has 196 valence electrons.